The topological polar surface area (TPSA) is 84.0 Å². The lowest BCUT2D eigenvalue weighted by molar-refractivity contribution is -0.176. The smallest absolute Gasteiger partial charge is 0.407 e. The van der Waals surface area contributed by atoms with Gasteiger partial charge in [-0.3, -0.25) is 4.99 Å². The Morgan fingerprint density at radius 1 is 1.20 bits per heavy atom. The van der Waals surface area contributed by atoms with E-state index in [9.17, 15) is 4.79 Å². The van der Waals surface area contributed by atoms with Crippen LogP contribution in [0.1, 0.15) is 54.4 Å². The van der Waals surface area contributed by atoms with Crippen molar-refractivity contribution in [1.29, 1.82) is 0 Å². The van der Waals surface area contributed by atoms with Gasteiger partial charge in [-0.05, 0) is 40.5 Å². The monoisotopic (exact) mass is 356 g/mol. The average molecular weight is 357 g/mol. The number of hydrogen-bond acceptors (Lipinski definition) is 4. The molecule has 7 nitrogen and oxygen atoms in total. The number of guanidine groups is 1. The third kappa shape index (κ3) is 5.76. The van der Waals surface area contributed by atoms with Crippen LogP contribution in [-0.2, 0) is 9.47 Å². The molecular formula is C18H36N4O3. The Balaban J connectivity index is 2.27. The van der Waals surface area contributed by atoms with Crippen molar-refractivity contribution in [3.8, 4) is 0 Å². The van der Waals surface area contributed by atoms with Crippen LogP contribution in [0.4, 0.5) is 4.79 Å². The molecule has 1 rings (SSSR count). The molecule has 146 valence electrons. The number of nitrogens with zero attached hydrogens (tertiary/aromatic N) is 1. The Morgan fingerprint density at radius 2 is 1.80 bits per heavy atom. The summed E-state index contributed by atoms with van der Waals surface area (Å²) in [6.45, 7) is 13.4. The van der Waals surface area contributed by atoms with Crippen molar-refractivity contribution in [3.63, 3.8) is 0 Å². The Kier molecular flexibility index (Phi) is 7.11. The van der Waals surface area contributed by atoms with E-state index in [2.05, 4.69) is 41.7 Å². The van der Waals surface area contributed by atoms with Crippen molar-refractivity contribution in [2.75, 3.05) is 27.2 Å². The van der Waals surface area contributed by atoms with Crippen molar-refractivity contribution < 1.29 is 14.3 Å². The Labute approximate surface area is 152 Å². The normalized spacial score (nSPS) is 25.8. The second kappa shape index (κ2) is 8.25. The van der Waals surface area contributed by atoms with Gasteiger partial charge in [-0.2, -0.15) is 0 Å². The molecule has 1 aliphatic carbocycles. The van der Waals surface area contributed by atoms with E-state index in [1.54, 1.807) is 14.2 Å². The SMILES string of the molecule is CN=C(NCCCNC(=O)OC(C)(C)C)NC1CC(C)(OC)C1(C)C. The standard InChI is InChI=1S/C18H36N4O3/c1-16(2,3)25-15(23)21-11-9-10-20-14(19-7)22-13-12-18(6,24-8)17(13,4)5/h13H,9-12H2,1-8H3,(H,21,23)(H2,19,20,22). The summed E-state index contributed by atoms with van der Waals surface area (Å²) in [7, 11) is 3.53. The summed E-state index contributed by atoms with van der Waals surface area (Å²) in [4.78, 5) is 15.8. The highest BCUT2D eigenvalue weighted by Crippen LogP contribution is 2.51. The summed E-state index contributed by atoms with van der Waals surface area (Å²) in [5.74, 6) is 0.772. The second-order valence-electron chi connectivity index (χ2n) is 8.34. The van der Waals surface area contributed by atoms with E-state index in [-0.39, 0.29) is 17.1 Å². The van der Waals surface area contributed by atoms with Gasteiger partial charge in [0.25, 0.3) is 0 Å². The minimum atomic E-state index is -0.472. The first kappa shape index (κ1) is 21.5. The van der Waals surface area contributed by atoms with Gasteiger partial charge in [-0.15, -0.1) is 0 Å². The lowest BCUT2D eigenvalue weighted by Gasteiger charge is -2.59. The Morgan fingerprint density at radius 3 is 2.28 bits per heavy atom. The molecule has 7 heteroatoms. The molecule has 0 aromatic rings. The molecule has 1 aliphatic rings. The van der Waals surface area contributed by atoms with Gasteiger partial charge in [0.15, 0.2) is 5.96 Å². The van der Waals surface area contributed by atoms with Gasteiger partial charge in [0.1, 0.15) is 5.60 Å². The van der Waals surface area contributed by atoms with Crippen LogP contribution in [-0.4, -0.2) is 56.5 Å². The summed E-state index contributed by atoms with van der Waals surface area (Å²) in [5, 5.41) is 9.49. The maximum absolute atomic E-state index is 11.6. The molecule has 0 aliphatic heterocycles. The molecule has 1 amide bonds. The number of carbonyl (C=O) groups excluding carboxylic acids is 1. The second-order valence-corrected chi connectivity index (χ2v) is 8.34. The highest BCUT2D eigenvalue weighted by atomic mass is 16.6. The van der Waals surface area contributed by atoms with Crippen LogP contribution in [0.5, 0.6) is 0 Å². The van der Waals surface area contributed by atoms with E-state index in [4.69, 9.17) is 9.47 Å². The molecule has 0 spiro atoms. The summed E-state index contributed by atoms with van der Waals surface area (Å²) in [6, 6.07) is 0.309. The molecule has 0 bridgehead atoms. The zero-order valence-corrected chi connectivity index (χ0v) is 17.1. The maximum Gasteiger partial charge on any atom is 0.407 e. The largest absolute Gasteiger partial charge is 0.444 e. The van der Waals surface area contributed by atoms with Crippen molar-refractivity contribution in [2.45, 2.75) is 71.6 Å². The molecule has 3 N–H and O–H groups in total. The first-order valence-corrected chi connectivity index (χ1v) is 8.94. The molecule has 25 heavy (non-hydrogen) atoms. The fourth-order valence-corrected chi connectivity index (χ4v) is 2.88. The van der Waals surface area contributed by atoms with Crippen LogP contribution in [0.2, 0.25) is 0 Å². The number of carbonyl (C=O) groups is 1. The predicted molar refractivity (Wildman–Crippen MR) is 101 cm³/mol. The molecule has 1 fully saturated rings. The number of aliphatic imine (C=N–C) groups is 1. The van der Waals surface area contributed by atoms with E-state index in [1.807, 2.05) is 20.8 Å². The minimum absolute atomic E-state index is 0.0254. The first-order valence-electron chi connectivity index (χ1n) is 8.94. The van der Waals surface area contributed by atoms with Crippen LogP contribution in [0.15, 0.2) is 4.99 Å². The number of rotatable bonds is 6. The molecule has 0 aromatic heterocycles. The van der Waals surface area contributed by atoms with E-state index in [0.29, 0.717) is 19.1 Å². The van der Waals surface area contributed by atoms with Crippen molar-refractivity contribution in [1.82, 2.24) is 16.0 Å². The molecule has 0 radical (unpaired) electrons. The number of nitrogens with one attached hydrogen (secondary N) is 3. The third-order valence-corrected chi connectivity index (χ3v) is 5.13. The quantitative estimate of drug-likeness (QED) is 0.386. The summed E-state index contributed by atoms with van der Waals surface area (Å²) >= 11 is 0. The van der Waals surface area contributed by atoms with Crippen LogP contribution in [0.25, 0.3) is 0 Å². The summed E-state index contributed by atoms with van der Waals surface area (Å²) in [6.07, 6.45) is 1.34. The van der Waals surface area contributed by atoms with Gasteiger partial charge in [0.05, 0.1) is 5.60 Å². The van der Waals surface area contributed by atoms with E-state index in [0.717, 1.165) is 18.8 Å². The van der Waals surface area contributed by atoms with Gasteiger partial charge in [-0.25, -0.2) is 4.79 Å². The number of methoxy groups -OCH3 is 1. The lowest BCUT2D eigenvalue weighted by Crippen LogP contribution is -2.69. The number of ether oxygens (including phenoxy) is 2. The van der Waals surface area contributed by atoms with Gasteiger partial charge >= 0.3 is 6.09 Å². The number of alkyl carbamates (subject to hydrolysis) is 1. The minimum Gasteiger partial charge on any atom is -0.444 e. The molecule has 2 atom stereocenters. The van der Waals surface area contributed by atoms with Crippen LogP contribution < -0.4 is 16.0 Å². The first-order chi connectivity index (χ1) is 11.4. The van der Waals surface area contributed by atoms with Crippen molar-refractivity contribution in [2.24, 2.45) is 10.4 Å². The predicted octanol–water partition coefficient (Wildman–Crippen LogP) is 2.27. The maximum atomic E-state index is 11.6. The van der Waals surface area contributed by atoms with E-state index in [1.165, 1.54) is 0 Å². The van der Waals surface area contributed by atoms with Crippen LogP contribution in [0.3, 0.4) is 0 Å². The van der Waals surface area contributed by atoms with E-state index < -0.39 is 5.60 Å². The highest BCUT2D eigenvalue weighted by molar-refractivity contribution is 5.80. The lowest BCUT2D eigenvalue weighted by atomic mass is 9.56. The van der Waals surface area contributed by atoms with Gasteiger partial charge < -0.3 is 25.4 Å². The summed E-state index contributed by atoms with van der Waals surface area (Å²) in [5.41, 5.74) is -0.556. The van der Waals surface area contributed by atoms with Crippen LogP contribution >= 0.6 is 0 Å². The van der Waals surface area contributed by atoms with Crippen molar-refractivity contribution >= 4 is 12.1 Å². The van der Waals surface area contributed by atoms with Gasteiger partial charge in [-0.1, -0.05) is 13.8 Å². The summed E-state index contributed by atoms with van der Waals surface area (Å²) < 4.78 is 10.8. The number of amides is 1. The Bertz CT molecular complexity index is 485. The third-order valence-electron chi connectivity index (χ3n) is 5.13. The van der Waals surface area contributed by atoms with Gasteiger partial charge in [0, 0.05) is 38.7 Å². The molecule has 1 saturated carbocycles. The molecule has 2 unspecified atom stereocenters. The zero-order chi connectivity index (χ0) is 19.3. The highest BCUT2D eigenvalue weighted by Gasteiger charge is 2.58. The zero-order valence-electron chi connectivity index (χ0n) is 17.1. The molecule has 0 aromatic carbocycles. The van der Waals surface area contributed by atoms with Crippen molar-refractivity contribution in [3.05, 3.63) is 0 Å². The fourth-order valence-electron chi connectivity index (χ4n) is 2.88. The molecular weight excluding hydrogens is 320 g/mol. The fraction of sp³-hybridized carbons (Fsp3) is 0.889. The Hall–Kier alpha value is -1.50. The van der Waals surface area contributed by atoms with E-state index >= 15 is 0 Å². The number of hydrogen-bond donors (Lipinski definition) is 3. The van der Waals surface area contributed by atoms with Gasteiger partial charge in [0.2, 0.25) is 0 Å². The molecule has 0 heterocycles. The van der Waals surface area contributed by atoms with Crippen LogP contribution in [0, 0.1) is 5.41 Å². The molecule has 0 saturated heterocycles. The average Bonchev–Trinajstić information content (AvgIpc) is 2.50.